The van der Waals surface area contributed by atoms with E-state index in [1.165, 1.54) is 0 Å². The quantitative estimate of drug-likeness (QED) is 0.331. The number of hydrogen-bond acceptors (Lipinski definition) is 3. The Morgan fingerprint density at radius 1 is 1.31 bits per heavy atom. The highest BCUT2D eigenvalue weighted by molar-refractivity contribution is 5.69. The largest absolute Gasteiger partial charge is 0.466 e. The first-order valence-corrected chi connectivity index (χ1v) is 4.90. The smallest absolute Gasteiger partial charge is 0.305 e. The maximum atomic E-state index is 10.9. The molecule has 0 aliphatic heterocycles. The van der Waals surface area contributed by atoms with E-state index in [1.54, 1.807) is 0 Å². The summed E-state index contributed by atoms with van der Waals surface area (Å²) in [7, 11) is 0. The van der Waals surface area contributed by atoms with Crippen molar-refractivity contribution in [1.29, 1.82) is 0 Å². The Hall–Kier alpha value is -0.860. The fourth-order valence-electron chi connectivity index (χ4n) is 0.940. The first-order valence-electron chi connectivity index (χ1n) is 4.90. The summed E-state index contributed by atoms with van der Waals surface area (Å²) >= 11 is 0. The predicted octanol–water partition coefficient (Wildman–Crippen LogP) is 2.09. The molecule has 0 fully saturated rings. The van der Waals surface area contributed by atoms with Crippen LogP contribution in [0.1, 0.15) is 45.4 Å². The minimum absolute atomic E-state index is 0.182. The normalized spacial score (nSPS) is 9.62. The molecule has 0 aromatic heterocycles. The third kappa shape index (κ3) is 9.05. The molecular weight excluding hydrogens is 168 g/mol. The summed E-state index contributed by atoms with van der Waals surface area (Å²) in [5.74, 6) is -0.182. The SMILES string of the molecule is CCCCCOC(=O)CCCC=O. The fraction of sp³-hybridized carbons (Fsp3) is 0.800. The van der Waals surface area contributed by atoms with Gasteiger partial charge in [-0.25, -0.2) is 0 Å². The Labute approximate surface area is 79.5 Å². The zero-order valence-electron chi connectivity index (χ0n) is 8.25. The molecule has 13 heavy (non-hydrogen) atoms. The number of hydrogen-bond donors (Lipinski definition) is 0. The van der Waals surface area contributed by atoms with E-state index in [1.807, 2.05) is 0 Å². The molecule has 0 aliphatic carbocycles. The molecule has 3 heteroatoms. The van der Waals surface area contributed by atoms with E-state index in [2.05, 4.69) is 6.92 Å². The van der Waals surface area contributed by atoms with Crippen LogP contribution in [0.4, 0.5) is 0 Å². The third-order valence-electron chi connectivity index (χ3n) is 1.71. The van der Waals surface area contributed by atoms with Gasteiger partial charge in [0.2, 0.25) is 0 Å². The van der Waals surface area contributed by atoms with E-state index in [0.717, 1.165) is 25.5 Å². The summed E-state index contributed by atoms with van der Waals surface area (Å²) in [6.45, 7) is 2.62. The van der Waals surface area contributed by atoms with Crippen molar-refractivity contribution in [2.24, 2.45) is 0 Å². The van der Waals surface area contributed by atoms with Crippen LogP contribution in [0.5, 0.6) is 0 Å². The monoisotopic (exact) mass is 186 g/mol. The molecule has 0 saturated carbocycles. The molecule has 0 bridgehead atoms. The van der Waals surface area contributed by atoms with Gasteiger partial charge in [-0.05, 0) is 12.8 Å². The minimum Gasteiger partial charge on any atom is -0.466 e. The van der Waals surface area contributed by atoms with Crippen molar-refractivity contribution in [1.82, 2.24) is 0 Å². The van der Waals surface area contributed by atoms with E-state index in [0.29, 0.717) is 25.9 Å². The second-order valence-corrected chi connectivity index (χ2v) is 2.99. The van der Waals surface area contributed by atoms with Crippen molar-refractivity contribution in [3.05, 3.63) is 0 Å². The van der Waals surface area contributed by atoms with E-state index in [4.69, 9.17) is 4.74 Å². The highest BCUT2D eigenvalue weighted by Gasteiger charge is 2.00. The Morgan fingerprint density at radius 2 is 2.08 bits per heavy atom. The summed E-state index contributed by atoms with van der Waals surface area (Å²) < 4.78 is 4.94. The summed E-state index contributed by atoms with van der Waals surface area (Å²) in [5, 5.41) is 0. The van der Waals surface area contributed by atoms with Gasteiger partial charge in [-0.2, -0.15) is 0 Å². The van der Waals surface area contributed by atoms with E-state index in [9.17, 15) is 9.59 Å². The van der Waals surface area contributed by atoms with Gasteiger partial charge in [-0.1, -0.05) is 19.8 Å². The topological polar surface area (TPSA) is 43.4 Å². The van der Waals surface area contributed by atoms with Crippen LogP contribution in [-0.4, -0.2) is 18.9 Å². The lowest BCUT2D eigenvalue weighted by Crippen LogP contribution is -2.05. The number of carbonyl (C=O) groups is 2. The van der Waals surface area contributed by atoms with Crippen molar-refractivity contribution in [3.63, 3.8) is 0 Å². The highest BCUT2D eigenvalue weighted by Crippen LogP contribution is 1.98. The van der Waals surface area contributed by atoms with Crippen LogP contribution in [0.2, 0.25) is 0 Å². The number of esters is 1. The molecule has 0 aliphatic rings. The summed E-state index contributed by atoms with van der Waals surface area (Å²) in [6, 6.07) is 0. The van der Waals surface area contributed by atoms with Gasteiger partial charge in [-0.15, -0.1) is 0 Å². The standard InChI is InChI=1S/C10H18O3/c1-2-3-6-9-13-10(12)7-4-5-8-11/h8H,2-7,9H2,1H3. The second kappa shape index (κ2) is 9.23. The molecule has 76 valence electrons. The number of aldehydes is 1. The zero-order valence-corrected chi connectivity index (χ0v) is 8.25. The number of ether oxygens (including phenoxy) is 1. The fourth-order valence-corrected chi connectivity index (χ4v) is 0.940. The predicted molar refractivity (Wildman–Crippen MR) is 50.4 cm³/mol. The average molecular weight is 186 g/mol. The minimum atomic E-state index is -0.182. The van der Waals surface area contributed by atoms with E-state index in [-0.39, 0.29) is 5.97 Å². The summed E-state index contributed by atoms with van der Waals surface area (Å²) in [6.07, 6.45) is 5.41. The van der Waals surface area contributed by atoms with E-state index >= 15 is 0 Å². The molecule has 0 unspecified atom stereocenters. The maximum absolute atomic E-state index is 10.9. The van der Waals surface area contributed by atoms with Gasteiger partial charge >= 0.3 is 5.97 Å². The molecule has 0 amide bonds. The third-order valence-corrected chi connectivity index (χ3v) is 1.71. The first-order chi connectivity index (χ1) is 6.31. The Balaban J connectivity index is 3.15. The molecule has 0 aromatic carbocycles. The van der Waals surface area contributed by atoms with Crippen LogP contribution >= 0.6 is 0 Å². The molecule has 3 nitrogen and oxygen atoms in total. The van der Waals surface area contributed by atoms with Crippen LogP contribution in [0.25, 0.3) is 0 Å². The summed E-state index contributed by atoms with van der Waals surface area (Å²) in [4.78, 5) is 20.9. The van der Waals surface area contributed by atoms with Gasteiger partial charge < -0.3 is 9.53 Å². The molecule has 0 rings (SSSR count). The Kier molecular flexibility index (Phi) is 8.62. The highest BCUT2D eigenvalue weighted by atomic mass is 16.5. The van der Waals surface area contributed by atoms with Crippen LogP contribution in [0.3, 0.4) is 0 Å². The summed E-state index contributed by atoms with van der Waals surface area (Å²) in [5.41, 5.74) is 0. The first kappa shape index (κ1) is 12.1. The van der Waals surface area contributed by atoms with Crippen LogP contribution in [0.15, 0.2) is 0 Å². The molecule has 0 heterocycles. The van der Waals surface area contributed by atoms with Gasteiger partial charge in [0.15, 0.2) is 0 Å². The van der Waals surface area contributed by atoms with Crippen molar-refractivity contribution in [2.45, 2.75) is 45.4 Å². The van der Waals surface area contributed by atoms with Gasteiger partial charge in [-0.3, -0.25) is 4.79 Å². The molecule has 0 saturated heterocycles. The van der Waals surface area contributed by atoms with Gasteiger partial charge in [0.05, 0.1) is 6.61 Å². The van der Waals surface area contributed by atoms with Crippen molar-refractivity contribution in [2.75, 3.05) is 6.61 Å². The van der Waals surface area contributed by atoms with Gasteiger partial charge in [0, 0.05) is 12.8 Å². The Morgan fingerprint density at radius 3 is 2.69 bits per heavy atom. The average Bonchev–Trinajstić information content (AvgIpc) is 2.13. The Bertz CT molecular complexity index is 143. The van der Waals surface area contributed by atoms with Crippen LogP contribution < -0.4 is 0 Å². The number of carbonyl (C=O) groups excluding carboxylic acids is 2. The second-order valence-electron chi connectivity index (χ2n) is 2.99. The number of unbranched alkanes of at least 4 members (excludes halogenated alkanes) is 3. The molecule has 0 spiro atoms. The van der Waals surface area contributed by atoms with Crippen molar-refractivity contribution >= 4 is 12.3 Å². The van der Waals surface area contributed by atoms with Crippen LogP contribution in [-0.2, 0) is 14.3 Å². The molecule has 0 atom stereocenters. The maximum Gasteiger partial charge on any atom is 0.305 e. The molecule has 0 radical (unpaired) electrons. The lowest BCUT2D eigenvalue weighted by molar-refractivity contribution is -0.143. The lowest BCUT2D eigenvalue weighted by atomic mass is 10.2. The molecule has 0 N–H and O–H groups in total. The van der Waals surface area contributed by atoms with Gasteiger partial charge in [0.1, 0.15) is 6.29 Å². The number of rotatable bonds is 8. The van der Waals surface area contributed by atoms with Crippen LogP contribution in [0, 0.1) is 0 Å². The van der Waals surface area contributed by atoms with Crippen molar-refractivity contribution < 1.29 is 14.3 Å². The molecule has 0 aromatic rings. The van der Waals surface area contributed by atoms with Crippen molar-refractivity contribution in [3.8, 4) is 0 Å². The lowest BCUT2D eigenvalue weighted by Gasteiger charge is -2.02. The van der Waals surface area contributed by atoms with E-state index < -0.39 is 0 Å². The molecular formula is C10H18O3. The zero-order chi connectivity index (χ0) is 9.94. The van der Waals surface area contributed by atoms with Gasteiger partial charge in [0.25, 0.3) is 0 Å².